The first-order valence-electron chi connectivity index (χ1n) is 11.6. The Hall–Kier alpha value is -1.73. The van der Waals surface area contributed by atoms with Crippen molar-refractivity contribution in [2.75, 3.05) is 19.8 Å². The molecule has 0 bridgehead atoms. The van der Waals surface area contributed by atoms with Crippen LogP contribution in [0.15, 0.2) is 42.5 Å². The van der Waals surface area contributed by atoms with Gasteiger partial charge in [-0.25, -0.2) is 4.57 Å². The molecule has 0 heterocycles. The number of ether oxygens (including phenoxy) is 2. The summed E-state index contributed by atoms with van der Waals surface area (Å²) >= 11 is 0. The summed E-state index contributed by atoms with van der Waals surface area (Å²) in [4.78, 5) is 17.9. The van der Waals surface area contributed by atoms with Crippen molar-refractivity contribution in [2.24, 2.45) is 5.73 Å². The molecule has 2 aliphatic rings. The first-order chi connectivity index (χ1) is 15.7. The van der Waals surface area contributed by atoms with E-state index in [1.165, 1.54) is 22.3 Å². The first kappa shape index (κ1) is 24.4. The van der Waals surface area contributed by atoms with E-state index in [2.05, 4.69) is 25.1 Å². The standard InChI is InChI=1S/C25H34NO6P/c1-18-2-7-23(8-3-18)30-12-13-31-24-9-6-19-14-20(4-5-21(19)15-24)22-10-11-25(26,16-22)17-32-33(27,28)29/h2-5,7-8,14,22,24H,6,9-13,15-17,26H2,1H3,(H2,27,28,29)/t22-,24-,25+/m0/s1. The lowest BCUT2D eigenvalue weighted by Gasteiger charge is -2.27. The zero-order chi connectivity index (χ0) is 23.5. The lowest BCUT2D eigenvalue weighted by atomic mass is 9.85. The number of benzene rings is 2. The van der Waals surface area contributed by atoms with Gasteiger partial charge in [0.1, 0.15) is 12.4 Å². The normalized spacial score (nSPS) is 25.1. The minimum Gasteiger partial charge on any atom is -0.491 e. The summed E-state index contributed by atoms with van der Waals surface area (Å²) in [5, 5.41) is 0. The SMILES string of the molecule is Cc1ccc(OCCO[C@H]2CCc3cc([C@H]4CC[C@](N)(COP(=O)(O)O)C4)ccc3C2)cc1. The zero-order valence-corrected chi connectivity index (χ0v) is 20.0. The molecule has 4 rings (SSSR count). The molecule has 0 spiro atoms. The number of aryl methyl sites for hydroxylation is 2. The van der Waals surface area contributed by atoms with Crippen LogP contribution in [0.2, 0.25) is 0 Å². The number of phosphoric acid groups is 1. The predicted octanol–water partition coefficient (Wildman–Crippen LogP) is 4.02. The van der Waals surface area contributed by atoms with Gasteiger partial charge in [-0.1, -0.05) is 35.9 Å². The van der Waals surface area contributed by atoms with Gasteiger partial charge in [-0.2, -0.15) is 0 Å². The van der Waals surface area contributed by atoms with Crippen LogP contribution in [-0.2, 0) is 26.7 Å². The molecule has 2 aromatic carbocycles. The second-order valence-corrected chi connectivity index (χ2v) is 10.7. The number of rotatable bonds is 9. The lowest BCUT2D eigenvalue weighted by Crippen LogP contribution is -2.41. The average molecular weight is 476 g/mol. The predicted molar refractivity (Wildman–Crippen MR) is 126 cm³/mol. The van der Waals surface area contributed by atoms with Gasteiger partial charge in [0.15, 0.2) is 0 Å². The van der Waals surface area contributed by atoms with Crippen LogP contribution >= 0.6 is 7.82 Å². The van der Waals surface area contributed by atoms with E-state index in [9.17, 15) is 4.57 Å². The van der Waals surface area contributed by atoms with Crippen LogP contribution in [0.3, 0.4) is 0 Å². The molecule has 7 nitrogen and oxygen atoms in total. The fraction of sp³-hybridized carbons (Fsp3) is 0.520. The molecule has 180 valence electrons. The molecule has 3 atom stereocenters. The molecule has 0 unspecified atom stereocenters. The average Bonchev–Trinajstić information content (AvgIpc) is 3.18. The summed E-state index contributed by atoms with van der Waals surface area (Å²) < 4.78 is 27.6. The third kappa shape index (κ3) is 6.89. The Kier molecular flexibility index (Phi) is 7.59. The van der Waals surface area contributed by atoms with Crippen LogP contribution in [0.1, 0.15) is 53.9 Å². The van der Waals surface area contributed by atoms with Crippen molar-refractivity contribution in [3.63, 3.8) is 0 Å². The molecular formula is C25H34NO6P. The van der Waals surface area contributed by atoms with E-state index in [4.69, 9.17) is 29.5 Å². The van der Waals surface area contributed by atoms with Gasteiger partial charge in [0.2, 0.25) is 0 Å². The molecule has 4 N–H and O–H groups in total. The number of hydrogen-bond donors (Lipinski definition) is 3. The van der Waals surface area contributed by atoms with Crippen LogP contribution in [0, 0.1) is 6.92 Å². The number of nitrogens with two attached hydrogens (primary N) is 1. The topological polar surface area (TPSA) is 111 Å². The number of hydrogen-bond acceptors (Lipinski definition) is 5. The van der Waals surface area contributed by atoms with Gasteiger partial charge in [0, 0.05) is 5.54 Å². The van der Waals surface area contributed by atoms with E-state index in [1.54, 1.807) is 0 Å². The maximum Gasteiger partial charge on any atom is 0.469 e. The molecule has 1 saturated carbocycles. The smallest absolute Gasteiger partial charge is 0.469 e. The van der Waals surface area contributed by atoms with Gasteiger partial charge in [0.05, 0.1) is 19.3 Å². The van der Waals surface area contributed by atoms with Crippen LogP contribution < -0.4 is 10.5 Å². The zero-order valence-electron chi connectivity index (χ0n) is 19.1. The molecule has 8 heteroatoms. The molecular weight excluding hydrogens is 441 g/mol. The van der Waals surface area contributed by atoms with Crippen molar-refractivity contribution in [3.8, 4) is 5.75 Å². The van der Waals surface area contributed by atoms with Crippen LogP contribution in [0.4, 0.5) is 0 Å². The van der Waals surface area contributed by atoms with E-state index >= 15 is 0 Å². The van der Waals surface area contributed by atoms with Crippen molar-refractivity contribution in [2.45, 2.75) is 63.0 Å². The fourth-order valence-electron chi connectivity index (χ4n) is 4.93. The van der Waals surface area contributed by atoms with Gasteiger partial charge in [-0.15, -0.1) is 0 Å². The second kappa shape index (κ2) is 10.3. The molecule has 0 aliphatic heterocycles. The van der Waals surface area contributed by atoms with E-state index in [-0.39, 0.29) is 18.6 Å². The van der Waals surface area contributed by atoms with Gasteiger partial charge >= 0.3 is 7.82 Å². The van der Waals surface area contributed by atoms with E-state index in [0.29, 0.717) is 26.1 Å². The quantitative estimate of drug-likeness (QED) is 0.371. The number of phosphoric ester groups is 1. The fourth-order valence-corrected chi connectivity index (χ4v) is 5.36. The van der Waals surface area contributed by atoms with Crippen LogP contribution in [0.5, 0.6) is 5.75 Å². The Labute approximate surface area is 195 Å². The van der Waals surface area contributed by atoms with Gasteiger partial charge in [-0.3, -0.25) is 4.52 Å². The van der Waals surface area contributed by atoms with Crippen molar-refractivity contribution in [1.82, 2.24) is 0 Å². The highest BCUT2D eigenvalue weighted by Gasteiger charge is 2.38. The molecule has 33 heavy (non-hydrogen) atoms. The summed E-state index contributed by atoms with van der Waals surface area (Å²) in [6.45, 7) is 3.05. The number of fused-ring (bicyclic) bond motifs is 1. The van der Waals surface area contributed by atoms with Crippen LogP contribution in [-0.4, -0.2) is 41.3 Å². The Morgan fingerprint density at radius 3 is 2.64 bits per heavy atom. The maximum atomic E-state index is 11.0. The van der Waals surface area contributed by atoms with Crippen molar-refractivity contribution in [1.29, 1.82) is 0 Å². The Balaban J connectivity index is 1.25. The summed E-state index contributed by atoms with van der Waals surface area (Å²) in [5.41, 5.74) is 10.8. The second-order valence-electron chi connectivity index (χ2n) is 9.49. The van der Waals surface area contributed by atoms with E-state index in [1.807, 2.05) is 24.3 Å². The summed E-state index contributed by atoms with van der Waals surface area (Å²) in [5.74, 6) is 1.15. The van der Waals surface area contributed by atoms with Gasteiger partial charge < -0.3 is 25.0 Å². The van der Waals surface area contributed by atoms with E-state index in [0.717, 1.165) is 31.4 Å². The molecule has 0 saturated heterocycles. The summed E-state index contributed by atoms with van der Waals surface area (Å²) in [7, 11) is -4.50. The monoisotopic (exact) mass is 475 g/mol. The Morgan fingerprint density at radius 1 is 1.09 bits per heavy atom. The highest BCUT2D eigenvalue weighted by Crippen LogP contribution is 2.44. The third-order valence-electron chi connectivity index (χ3n) is 6.78. The largest absolute Gasteiger partial charge is 0.491 e. The molecule has 0 aromatic heterocycles. The minimum absolute atomic E-state index is 0.120. The van der Waals surface area contributed by atoms with Crippen LogP contribution in [0.25, 0.3) is 0 Å². The highest BCUT2D eigenvalue weighted by atomic mass is 31.2. The van der Waals surface area contributed by atoms with Gasteiger partial charge in [-0.05, 0) is 80.2 Å². The molecule has 0 amide bonds. The molecule has 2 aliphatic carbocycles. The lowest BCUT2D eigenvalue weighted by molar-refractivity contribution is 0.0262. The van der Waals surface area contributed by atoms with Crippen molar-refractivity contribution >= 4 is 7.82 Å². The van der Waals surface area contributed by atoms with Gasteiger partial charge in [0.25, 0.3) is 0 Å². The minimum atomic E-state index is -4.50. The molecule has 1 fully saturated rings. The van der Waals surface area contributed by atoms with E-state index < -0.39 is 13.4 Å². The molecule has 0 radical (unpaired) electrons. The third-order valence-corrected chi connectivity index (χ3v) is 7.24. The molecule has 2 aromatic rings. The maximum absolute atomic E-state index is 11.0. The highest BCUT2D eigenvalue weighted by molar-refractivity contribution is 7.46. The Morgan fingerprint density at radius 2 is 1.88 bits per heavy atom. The van der Waals surface area contributed by atoms with Crippen molar-refractivity contribution < 1.29 is 28.3 Å². The summed E-state index contributed by atoms with van der Waals surface area (Å²) in [6, 6.07) is 14.7. The Bertz CT molecular complexity index is 991. The first-order valence-corrected chi connectivity index (χ1v) is 13.1. The summed E-state index contributed by atoms with van der Waals surface area (Å²) in [6.07, 6.45) is 5.33. The van der Waals surface area contributed by atoms with Crippen molar-refractivity contribution in [3.05, 3.63) is 64.7 Å².